The lowest BCUT2D eigenvalue weighted by Gasteiger charge is -2.60. The summed E-state index contributed by atoms with van der Waals surface area (Å²) in [5.74, 6) is -0.426. The van der Waals surface area contributed by atoms with Crippen LogP contribution in [-0.4, -0.2) is 59.9 Å². The fraction of sp³-hybridized carbons (Fsp3) is 0.423. The van der Waals surface area contributed by atoms with Crippen molar-refractivity contribution in [1.82, 2.24) is 9.80 Å². The maximum absolute atomic E-state index is 13.1. The number of urea groups is 1. The second kappa shape index (κ2) is 8.66. The molecule has 4 N–H and O–H groups in total. The standard InChI is InChI=1S/C26H31N5O3/c27-23(32)19-6-3-5-18(11-19)15-31(25(28)34)22-13-26(14-22)16-30(17-26)24(33)20-7-4-8-21(12-20)29-9-1-2-10-29/h3-8,11-12,22H,1-2,9-10,13-17H2,(H2,27,32)(H2,28,34). The molecule has 0 atom stereocenters. The molecule has 3 fully saturated rings. The van der Waals surface area contributed by atoms with Gasteiger partial charge in [0.2, 0.25) is 5.91 Å². The van der Waals surface area contributed by atoms with Crippen LogP contribution in [0.2, 0.25) is 0 Å². The molecule has 2 aromatic carbocycles. The van der Waals surface area contributed by atoms with E-state index < -0.39 is 11.9 Å². The first-order valence-corrected chi connectivity index (χ1v) is 11.9. The van der Waals surface area contributed by atoms with Gasteiger partial charge in [0, 0.05) is 61.0 Å². The Bertz CT molecular complexity index is 1110. The van der Waals surface area contributed by atoms with E-state index in [1.54, 1.807) is 23.1 Å². The number of carbonyl (C=O) groups is 3. The number of amides is 4. The van der Waals surface area contributed by atoms with Gasteiger partial charge in [-0.3, -0.25) is 9.59 Å². The minimum absolute atomic E-state index is 0.0329. The average Bonchev–Trinajstić information content (AvgIpc) is 3.31. The predicted molar refractivity (Wildman–Crippen MR) is 129 cm³/mol. The molecule has 34 heavy (non-hydrogen) atoms. The average molecular weight is 462 g/mol. The highest BCUT2D eigenvalue weighted by Crippen LogP contribution is 2.50. The second-order valence-electron chi connectivity index (χ2n) is 10.00. The van der Waals surface area contributed by atoms with Gasteiger partial charge in [0.25, 0.3) is 5.91 Å². The van der Waals surface area contributed by atoms with Gasteiger partial charge in [-0.2, -0.15) is 0 Å². The SMILES string of the molecule is NC(=O)c1cccc(CN(C(N)=O)C2CC3(C2)CN(C(=O)c2cccc(N4CCCC4)c2)C3)c1. The van der Waals surface area contributed by atoms with Crippen molar-refractivity contribution >= 4 is 23.5 Å². The Kier molecular flexibility index (Phi) is 5.67. The normalized spacial score (nSPS) is 18.9. The summed E-state index contributed by atoms with van der Waals surface area (Å²) in [6.45, 7) is 3.85. The van der Waals surface area contributed by atoms with Crippen LogP contribution in [0.5, 0.6) is 0 Å². The van der Waals surface area contributed by atoms with Crippen LogP contribution >= 0.6 is 0 Å². The lowest BCUT2D eigenvalue weighted by Crippen LogP contribution is -2.68. The molecular weight excluding hydrogens is 430 g/mol. The first kappa shape index (κ1) is 22.3. The zero-order chi connectivity index (χ0) is 23.9. The predicted octanol–water partition coefficient (Wildman–Crippen LogP) is 2.57. The Labute approximate surface area is 199 Å². The van der Waals surface area contributed by atoms with Crippen LogP contribution in [0.3, 0.4) is 0 Å². The topological polar surface area (TPSA) is 113 Å². The highest BCUT2D eigenvalue weighted by Gasteiger charge is 2.55. The molecule has 178 valence electrons. The number of likely N-dealkylation sites (tertiary alicyclic amines) is 1. The third-order valence-corrected chi connectivity index (χ3v) is 7.53. The number of anilines is 1. The van der Waals surface area contributed by atoms with Gasteiger partial charge in [-0.05, 0) is 61.6 Å². The molecule has 3 aliphatic rings. The van der Waals surface area contributed by atoms with Crippen LogP contribution in [0.4, 0.5) is 10.5 Å². The van der Waals surface area contributed by atoms with Gasteiger partial charge in [0.15, 0.2) is 0 Å². The number of hydrogen-bond acceptors (Lipinski definition) is 4. The van der Waals surface area contributed by atoms with E-state index in [9.17, 15) is 14.4 Å². The maximum atomic E-state index is 13.1. The number of benzene rings is 2. The van der Waals surface area contributed by atoms with Crippen LogP contribution in [0.15, 0.2) is 48.5 Å². The van der Waals surface area contributed by atoms with Crippen molar-refractivity contribution in [3.63, 3.8) is 0 Å². The molecule has 2 aromatic rings. The fourth-order valence-electron chi connectivity index (χ4n) is 5.73. The van der Waals surface area contributed by atoms with E-state index in [4.69, 9.17) is 11.5 Å². The quantitative estimate of drug-likeness (QED) is 0.688. The van der Waals surface area contributed by atoms with E-state index in [0.29, 0.717) is 25.2 Å². The van der Waals surface area contributed by atoms with Crippen molar-refractivity contribution in [2.24, 2.45) is 16.9 Å². The van der Waals surface area contributed by atoms with Gasteiger partial charge in [-0.1, -0.05) is 18.2 Å². The van der Waals surface area contributed by atoms with E-state index in [2.05, 4.69) is 11.0 Å². The summed E-state index contributed by atoms with van der Waals surface area (Å²) in [4.78, 5) is 42.6. The largest absolute Gasteiger partial charge is 0.372 e. The van der Waals surface area contributed by atoms with Crippen LogP contribution in [0.1, 0.15) is 52.0 Å². The summed E-state index contributed by atoms with van der Waals surface area (Å²) in [6, 6.07) is 14.5. The summed E-state index contributed by atoms with van der Waals surface area (Å²) >= 11 is 0. The Balaban J connectivity index is 1.18. The van der Waals surface area contributed by atoms with Crippen molar-refractivity contribution in [3.8, 4) is 0 Å². The van der Waals surface area contributed by atoms with Crippen LogP contribution < -0.4 is 16.4 Å². The third-order valence-electron chi connectivity index (χ3n) is 7.53. The summed E-state index contributed by atoms with van der Waals surface area (Å²) in [5, 5.41) is 0. The van der Waals surface area contributed by atoms with Crippen molar-refractivity contribution < 1.29 is 14.4 Å². The molecule has 8 heteroatoms. The summed E-state index contributed by atoms with van der Waals surface area (Å²) in [5.41, 5.74) is 14.2. The number of primary amides is 2. The Morgan fingerprint density at radius 2 is 1.62 bits per heavy atom. The Morgan fingerprint density at radius 3 is 2.29 bits per heavy atom. The lowest BCUT2D eigenvalue weighted by molar-refractivity contribution is -0.0843. The van der Waals surface area contributed by atoms with Crippen molar-refractivity contribution in [2.75, 3.05) is 31.1 Å². The number of nitrogens with zero attached hydrogens (tertiary/aromatic N) is 3. The molecule has 0 aromatic heterocycles. The molecule has 2 aliphatic heterocycles. The minimum atomic E-state index is -0.500. The molecule has 0 unspecified atom stereocenters. The summed E-state index contributed by atoms with van der Waals surface area (Å²) < 4.78 is 0. The van der Waals surface area contributed by atoms with Gasteiger partial charge in [0.05, 0.1) is 0 Å². The molecule has 0 bridgehead atoms. The molecule has 4 amide bonds. The number of nitrogens with two attached hydrogens (primary N) is 2. The summed E-state index contributed by atoms with van der Waals surface area (Å²) in [7, 11) is 0. The lowest BCUT2D eigenvalue weighted by atomic mass is 9.60. The molecule has 8 nitrogen and oxygen atoms in total. The van der Waals surface area contributed by atoms with Gasteiger partial charge in [-0.15, -0.1) is 0 Å². The molecule has 5 rings (SSSR count). The number of carbonyl (C=O) groups excluding carboxylic acids is 3. The van der Waals surface area contributed by atoms with Gasteiger partial charge in [0.1, 0.15) is 0 Å². The van der Waals surface area contributed by atoms with Gasteiger partial charge in [-0.25, -0.2) is 4.79 Å². The molecule has 1 saturated carbocycles. The van der Waals surface area contributed by atoms with Gasteiger partial charge >= 0.3 is 6.03 Å². The van der Waals surface area contributed by atoms with Gasteiger partial charge < -0.3 is 26.2 Å². The Hall–Kier alpha value is -3.55. The van der Waals surface area contributed by atoms with Crippen LogP contribution in [-0.2, 0) is 6.54 Å². The van der Waals surface area contributed by atoms with E-state index in [-0.39, 0.29) is 17.4 Å². The van der Waals surface area contributed by atoms with E-state index in [0.717, 1.165) is 42.7 Å². The van der Waals surface area contributed by atoms with Crippen molar-refractivity contribution in [3.05, 3.63) is 65.2 Å². The first-order chi connectivity index (χ1) is 16.3. The Morgan fingerprint density at radius 1 is 0.941 bits per heavy atom. The zero-order valence-corrected chi connectivity index (χ0v) is 19.3. The van der Waals surface area contributed by atoms with E-state index >= 15 is 0 Å². The zero-order valence-electron chi connectivity index (χ0n) is 19.3. The van der Waals surface area contributed by atoms with Crippen LogP contribution in [0, 0.1) is 5.41 Å². The molecule has 1 aliphatic carbocycles. The van der Waals surface area contributed by atoms with E-state index in [1.807, 2.05) is 29.2 Å². The summed E-state index contributed by atoms with van der Waals surface area (Å²) in [6.07, 6.45) is 4.05. The van der Waals surface area contributed by atoms with Crippen molar-refractivity contribution in [1.29, 1.82) is 0 Å². The highest BCUT2D eigenvalue weighted by atomic mass is 16.2. The molecule has 2 saturated heterocycles. The molecule has 1 spiro atoms. The molecule has 0 radical (unpaired) electrons. The molecular formula is C26H31N5O3. The smallest absolute Gasteiger partial charge is 0.315 e. The highest BCUT2D eigenvalue weighted by molar-refractivity contribution is 5.96. The number of hydrogen-bond donors (Lipinski definition) is 2. The minimum Gasteiger partial charge on any atom is -0.372 e. The first-order valence-electron chi connectivity index (χ1n) is 11.9. The van der Waals surface area contributed by atoms with Crippen molar-refractivity contribution in [2.45, 2.75) is 38.3 Å². The van der Waals surface area contributed by atoms with E-state index in [1.165, 1.54) is 12.8 Å². The monoisotopic (exact) mass is 461 g/mol. The maximum Gasteiger partial charge on any atom is 0.315 e. The third kappa shape index (κ3) is 4.20. The fourth-order valence-corrected chi connectivity index (χ4v) is 5.73. The number of rotatable bonds is 6. The molecule has 2 heterocycles. The van der Waals surface area contributed by atoms with Crippen LogP contribution in [0.25, 0.3) is 0 Å². The second-order valence-corrected chi connectivity index (χ2v) is 10.00.